The molecule has 0 spiro atoms. The number of nitrogens with one attached hydrogen (secondary N) is 1. The Morgan fingerprint density at radius 2 is 2.21 bits per heavy atom. The van der Waals surface area contributed by atoms with Crippen molar-refractivity contribution in [2.75, 3.05) is 6.54 Å². The average Bonchev–Trinajstić information content (AvgIpc) is 2.82. The molecule has 0 radical (unpaired) electrons. The van der Waals surface area contributed by atoms with E-state index in [0.29, 0.717) is 12.0 Å². The molecular formula is C16H26ClNS. The van der Waals surface area contributed by atoms with Crippen LogP contribution in [0.2, 0.25) is 5.02 Å². The lowest BCUT2D eigenvalue weighted by molar-refractivity contribution is 0.225. The van der Waals surface area contributed by atoms with E-state index in [-0.39, 0.29) is 0 Å². The Morgan fingerprint density at radius 3 is 2.79 bits per heavy atom. The van der Waals surface area contributed by atoms with Crippen LogP contribution in [0.15, 0.2) is 11.4 Å². The first-order chi connectivity index (χ1) is 9.11. The fourth-order valence-corrected chi connectivity index (χ4v) is 4.62. The van der Waals surface area contributed by atoms with E-state index in [9.17, 15) is 0 Å². The highest BCUT2D eigenvalue weighted by Crippen LogP contribution is 2.45. The molecule has 1 aliphatic carbocycles. The zero-order valence-electron chi connectivity index (χ0n) is 12.3. The number of hydrogen-bond acceptors (Lipinski definition) is 2. The van der Waals surface area contributed by atoms with Gasteiger partial charge >= 0.3 is 0 Å². The third kappa shape index (κ3) is 3.96. The van der Waals surface area contributed by atoms with Crippen LogP contribution in [0.1, 0.15) is 57.2 Å². The molecule has 1 aliphatic rings. The Hall–Kier alpha value is -0.0500. The normalized spacial score (nSPS) is 27.9. The summed E-state index contributed by atoms with van der Waals surface area (Å²) in [5.74, 6) is 2.30. The molecule has 1 aromatic heterocycles. The van der Waals surface area contributed by atoms with Gasteiger partial charge in [-0.3, -0.25) is 0 Å². The molecule has 3 unspecified atom stereocenters. The van der Waals surface area contributed by atoms with Crippen molar-refractivity contribution in [1.82, 2.24) is 5.32 Å². The molecule has 0 amide bonds. The van der Waals surface area contributed by atoms with Gasteiger partial charge in [0.15, 0.2) is 0 Å². The van der Waals surface area contributed by atoms with Gasteiger partial charge in [0, 0.05) is 10.9 Å². The largest absolute Gasteiger partial charge is 0.314 e. The highest BCUT2D eigenvalue weighted by atomic mass is 35.5. The Labute approximate surface area is 126 Å². The highest BCUT2D eigenvalue weighted by Gasteiger charge is 2.32. The summed E-state index contributed by atoms with van der Waals surface area (Å²) < 4.78 is 0. The second-order valence-electron chi connectivity index (χ2n) is 6.15. The van der Waals surface area contributed by atoms with Crippen LogP contribution in [0.3, 0.4) is 0 Å². The zero-order chi connectivity index (χ0) is 13.8. The van der Waals surface area contributed by atoms with Crippen molar-refractivity contribution in [3.63, 3.8) is 0 Å². The first-order valence-electron chi connectivity index (χ1n) is 7.58. The van der Waals surface area contributed by atoms with Crippen LogP contribution in [0.5, 0.6) is 0 Å². The van der Waals surface area contributed by atoms with Gasteiger partial charge in [0.2, 0.25) is 0 Å². The van der Waals surface area contributed by atoms with E-state index >= 15 is 0 Å². The van der Waals surface area contributed by atoms with Gasteiger partial charge in [-0.1, -0.05) is 45.2 Å². The summed E-state index contributed by atoms with van der Waals surface area (Å²) in [6.45, 7) is 7.91. The van der Waals surface area contributed by atoms with Gasteiger partial charge in [-0.25, -0.2) is 0 Å². The Balaban J connectivity index is 2.09. The standard InChI is InChI=1S/C16H26ClNS/c1-4-12-5-6-13(10-18-11(2)3)14(9-12)16-15(17)7-8-19-16/h7-8,11-14,18H,4-6,9-10H2,1-3H3. The molecule has 0 bridgehead atoms. The van der Waals surface area contributed by atoms with Crippen LogP contribution < -0.4 is 5.32 Å². The number of thiophene rings is 1. The molecule has 1 saturated carbocycles. The average molecular weight is 300 g/mol. The van der Waals surface area contributed by atoms with Crippen molar-refractivity contribution in [1.29, 1.82) is 0 Å². The lowest BCUT2D eigenvalue weighted by Gasteiger charge is -2.36. The van der Waals surface area contributed by atoms with Gasteiger partial charge in [-0.05, 0) is 48.6 Å². The van der Waals surface area contributed by atoms with E-state index in [4.69, 9.17) is 11.6 Å². The highest BCUT2D eigenvalue weighted by molar-refractivity contribution is 7.10. The molecule has 2 rings (SSSR count). The van der Waals surface area contributed by atoms with E-state index < -0.39 is 0 Å². The molecular weight excluding hydrogens is 274 g/mol. The van der Waals surface area contributed by atoms with Crippen LogP contribution in [0, 0.1) is 11.8 Å². The van der Waals surface area contributed by atoms with Crippen molar-refractivity contribution in [2.45, 2.75) is 58.4 Å². The summed E-state index contributed by atoms with van der Waals surface area (Å²) in [6, 6.07) is 2.63. The van der Waals surface area contributed by atoms with Gasteiger partial charge in [0.1, 0.15) is 0 Å². The fourth-order valence-electron chi connectivity index (χ4n) is 3.21. The summed E-state index contributed by atoms with van der Waals surface area (Å²) in [7, 11) is 0. The quantitative estimate of drug-likeness (QED) is 0.777. The maximum absolute atomic E-state index is 6.38. The first kappa shape index (κ1) is 15.3. The molecule has 0 aliphatic heterocycles. The van der Waals surface area contributed by atoms with Crippen LogP contribution >= 0.6 is 22.9 Å². The molecule has 1 aromatic rings. The predicted molar refractivity (Wildman–Crippen MR) is 86.3 cm³/mol. The minimum Gasteiger partial charge on any atom is -0.314 e. The smallest absolute Gasteiger partial charge is 0.0547 e. The van der Waals surface area contributed by atoms with Gasteiger partial charge in [-0.15, -0.1) is 11.3 Å². The lowest BCUT2D eigenvalue weighted by Crippen LogP contribution is -2.34. The number of hydrogen-bond donors (Lipinski definition) is 1. The molecule has 3 heteroatoms. The summed E-state index contributed by atoms with van der Waals surface area (Å²) in [4.78, 5) is 1.43. The van der Waals surface area contributed by atoms with Crippen molar-refractivity contribution < 1.29 is 0 Å². The topological polar surface area (TPSA) is 12.0 Å². The summed E-state index contributed by atoms with van der Waals surface area (Å²) >= 11 is 8.23. The molecule has 0 saturated heterocycles. The fraction of sp³-hybridized carbons (Fsp3) is 0.750. The summed E-state index contributed by atoms with van der Waals surface area (Å²) in [5, 5.41) is 6.75. The van der Waals surface area contributed by atoms with Crippen molar-refractivity contribution in [3.8, 4) is 0 Å². The van der Waals surface area contributed by atoms with Crippen molar-refractivity contribution in [2.24, 2.45) is 11.8 Å². The molecule has 108 valence electrons. The van der Waals surface area contributed by atoms with Crippen LogP contribution in [0.4, 0.5) is 0 Å². The molecule has 1 heterocycles. The molecule has 1 N–H and O–H groups in total. The minimum absolute atomic E-state index is 0.573. The maximum Gasteiger partial charge on any atom is 0.0547 e. The predicted octanol–water partition coefficient (Wildman–Crippen LogP) is 5.31. The second-order valence-corrected chi connectivity index (χ2v) is 7.50. The number of rotatable bonds is 5. The van der Waals surface area contributed by atoms with Crippen molar-refractivity contribution >= 4 is 22.9 Å². The van der Waals surface area contributed by atoms with E-state index in [1.165, 1.54) is 30.6 Å². The Morgan fingerprint density at radius 1 is 1.42 bits per heavy atom. The first-order valence-corrected chi connectivity index (χ1v) is 8.83. The van der Waals surface area contributed by atoms with E-state index in [0.717, 1.165) is 23.4 Å². The van der Waals surface area contributed by atoms with Crippen molar-refractivity contribution in [3.05, 3.63) is 21.3 Å². The zero-order valence-corrected chi connectivity index (χ0v) is 13.9. The molecule has 0 aromatic carbocycles. The molecule has 19 heavy (non-hydrogen) atoms. The Bertz CT molecular complexity index is 388. The third-order valence-corrected chi connectivity index (χ3v) is 5.94. The maximum atomic E-state index is 6.38. The summed E-state index contributed by atoms with van der Waals surface area (Å²) in [6.07, 6.45) is 5.36. The minimum atomic E-state index is 0.573. The number of halogens is 1. The van der Waals surface area contributed by atoms with Crippen LogP contribution in [-0.2, 0) is 0 Å². The van der Waals surface area contributed by atoms with Gasteiger partial charge in [0.25, 0.3) is 0 Å². The lowest BCUT2D eigenvalue weighted by atomic mass is 9.72. The third-order valence-electron chi connectivity index (χ3n) is 4.45. The van der Waals surface area contributed by atoms with Crippen LogP contribution in [-0.4, -0.2) is 12.6 Å². The second kappa shape index (κ2) is 7.10. The van der Waals surface area contributed by atoms with Gasteiger partial charge in [-0.2, -0.15) is 0 Å². The van der Waals surface area contributed by atoms with Gasteiger partial charge in [0.05, 0.1) is 5.02 Å². The van der Waals surface area contributed by atoms with Crippen LogP contribution in [0.25, 0.3) is 0 Å². The Kier molecular flexibility index (Phi) is 5.73. The molecule has 1 fully saturated rings. The van der Waals surface area contributed by atoms with E-state index in [1.54, 1.807) is 0 Å². The SMILES string of the molecule is CCC1CCC(CNC(C)C)C(c2sccc2Cl)C1. The molecule has 1 nitrogen and oxygen atoms in total. The monoisotopic (exact) mass is 299 g/mol. The van der Waals surface area contributed by atoms with E-state index in [1.807, 2.05) is 11.3 Å². The summed E-state index contributed by atoms with van der Waals surface area (Å²) in [5.41, 5.74) is 0. The molecule has 3 atom stereocenters. The van der Waals surface area contributed by atoms with Gasteiger partial charge < -0.3 is 5.32 Å². The van der Waals surface area contributed by atoms with E-state index in [2.05, 4.69) is 37.5 Å².